The molecule has 1 aliphatic heterocycles. The molecule has 0 aliphatic carbocycles. The number of aromatic nitrogens is 3. The number of rotatable bonds is 10. The van der Waals surface area contributed by atoms with Gasteiger partial charge in [0.05, 0.1) is 12.8 Å². The molecule has 1 aliphatic rings. The second kappa shape index (κ2) is 11.1. The molecule has 166 valence electrons. The van der Waals surface area contributed by atoms with Crippen molar-refractivity contribution >= 4 is 29.7 Å². The number of para-hydroxylation sites is 1. The fraction of sp³-hybridized carbons (Fsp3) is 0.333. The van der Waals surface area contributed by atoms with Crippen LogP contribution in [0.5, 0.6) is 5.75 Å². The van der Waals surface area contributed by atoms with Crippen LogP contribution < -0.4 is 20.4 Å². The standard InChI is InChI=1S/C24H29N7O/c1-2-3-17-32-21-13-11-19(12-14-21)18-25-30-23-27-22(26-20-9-5-4-6-10-20)28-24(29-23)31-15-7-8-16-31/h4-6,9-14,18H,2-3,7-8,15-17H2,1H3,(H2,26,27,28,29,30)/b25-18+. The molecular formula is C24H29N7O. The summed E-state index contributed by atoms with van der Waals surface area (Å²) < 4.78 is 5.70. The molecule has 0 bridgehead atoms. The summed E-state index contributed by atoms with van der Waals surface area (Å²) in [4.78, 5) is 15.8. The predicted molar refractivity (Wildman–Crippen MR) is 129 cm³/mol. The summed E-state index contributed by atoms with van der Waals surface area (Å²) in [6.07, 6.45) is 6.20. The Morgan fingerprint density at radius 2 is 1.72 bits per heavy atom. The summed E-state index contributed by atoms with van der Waals surface area (Å²) in [5.41, 5.74) is 4.82. The van der Waals surface area contributed by atoms with E-state index in [0.717, 1.165) is 62.4 Å². The Hall–Kier alpha value is -3.68. The monoisotopic (exact) mass is 431 g/mol. The zero-order valence-corrected chi connectivity index (χ0v) is 18.4. The van der Waals surface area contributed by atoms with Crippen molar-refractivity contribution < 1.29 is 4.74 Å². The van der Waals surface area contributed by atoms with Gasteiger partial charge in [0, 0.05) is 18.8 Å². The van der Waals surface area contributed by atoms with E-state index < -0.39 is 0 Å². The third-order valence-electron chi connectivity index (χ3n) is 5.07. The van der Waals surface area contributed by atoms with Crippen LogP contribution in [-0.4, -0.2) is 40.9 Å². The second-order valence-corrected chi connectivity index (χ2v) is 7.61. The molecule has 4 rings (SSSR count). The summed E-state index contributed by atoms with van der Waals surface area (Å²) in [6.45, 7) is 4.79. The van der Waals surface area contributed by atoms with Gasteiger partial charge in [-0.05, 0) is 61.2 Å². The van der Waals surface area contributed by atoms with E-state index in [-0.39, 0.29) is 0 Å². The summed E-state index contributed by atoms with van der Waals surface area (Å²) in [6, 6.07) is 17.7. The van der Waals surface area contributed by atoms with Gasteiger partial charge in [0.1, 0.15) is 5.75 Å². The number of unbranched alkanes of at least 4 members (excludes halogenated alkanes) is 1. The molecule has 0 spiro atoms. The topological polar surface area (TPSA) is 87.6 Å². The summed E-state index contributed by atoms with van der Waals surface area (Å²) >= 11 is 0. The van der Waals surface area contributed by atoms with Crippen molar-refractivity contribution in [3.63, 3.8) is 0 Å². The highest BCUT2D eigenvalue weighted by Crippen LogP contribution is 2.21. The van der Waals surface area contributed by atoms with Crippen molar-refractivity contribution in [1.29, 1.82) is 0 Å². The SMILES string of the molecule is CCCCOc1ccc(/C=N/Nc2nc(Nc3ccccc3)nc(N3CCCC3)n2)cc1. The first-order chi connectivity index (χ1) is 15.8. The Morgan fingerprint density at radius 1 is 0.969 bits per heavy atom. The predicted octanol–water partition coefficient (Wildman–Crippen LogP) is 4.84. The molecule has 2 heterocycles. The minimum atomic E-state index is 0.399. The average molecular weight is 432 g/mol. The molecule has 8 nitrogen and oxygen atoms in total. The van der Waals surface area contributed by atoms with Gasteiger partial charge < -0.3 is 15.0 Å². The largest absolute Gasteiger partial charge is 0.494 e. The Bertz CT molecular complexity index is 1000. The van der Waals surface area contributed by atoms with Crippen LogP contribution in [0.1, 0.15) is 38.2 Å². The maximum atomic E-state index is 5.70. The highest BCUT2D eigenvalue weighted by atomic mass is 16.5. The van der Waals surface area contributed by atoms with Crippen molar-refractivity contribution in [3.05, 3.63) is 60.2 Å². The molecule has 1 saturated heterocycles. The number of anilines is 4. The van der Waals surface area contributed by atoms with Crippen molar-refractivity contribution in [2.75, 3.05) is 35.3 Å². The molecule has 0 amide bonds. The molecule has 8 heteroatoms. The highest BCUT2D eigenvalue weighted by molar-refractivity contribution is 5.80. The lowest BCUT2D eigenvalue weighted by molar-refractivity contribution is 0.309. The van der Waals surface area contributed by atoms with Gasteiger partial charge in [0.15, 0.2) is 0 Å². The fourth-order valence-corrected chi connectivity index (χ4v) is 3.33. The number of nitrogens with one attached hydrogen (secondary N) is 2. The van der Waals surface area contributed by atoms with Crippen LogP contribution in [0.15, 0.2) is 59.7 Å². The molecule has 0 radical (unpaired) electrons. The van der Waals surface area contributed by atoms with Gasteiger partial charge in [-0.15, -0.1) is 0 Å². The minimum Gasteiger partial charge on any atom is -0.494 e. The molecule has 1 fully saturated rings. The Balaban J connectivity index is 1.44. The lowest BCUT2D eigenvalue weighted by Crippen LogP contribution is -2.21. The van der Waals surface area contributed by atoms with Crippen LogP contribution in [0, 0.1) is 0 Å². The Labute approximate surface area is 188 Å². The lowest BCUT2D eigenvalue weighted by Gasteiger charge is -2.16. The van der Waals surface area contributed by atoms with E-state index >= 15 is 0 Å². The normalized spacial score (nSPS) is 13.5. The molecule has 0 saturated carbocycles. The Morgan fingerprint density at radius 3 is 2.47 bits per heavy atom. The maximum Gasteiger partial charge on any atom is 0.250 e. The molecular weight excluding hydrogens is 402 g/mol. The first-order valence-corrected chi connectivity index (χ1v) is 11.2. The van der Waals surface area contributed by atoms with E-state index in [2.05, 4.69) is 42.6 Å². The third-order valence-corrected chi connectivity index (χ3v) is 5.07. The highest BCUT2D eigenvalue weighted by Gasteiger charge is 2.17. The average Bonchev–Trinajstić information content (AvgIpc) is 3.36. The number of hydrogen-bond donors (Lipinski definition) is 2. The van der Waals surface area contributed by atoms with Crippen LogP contribution in [-0.2, 0) is 0 Å². The number of nitrogens with zero attached hydrogens (tertiary/aromatic N) is 5. The van der Waals surface area contributed by atoms with Gasteiger partial charge in [0.25, 0.3) is 0 Å². The molecule has 2 aromatic carbocycles. The molecule has 32 heavy (non-hydrogen) atoms. The van der Waals surface area contributed by atoms with E-state index in [9.17, 15) is 0 Å². The van der Waals surface area contributed by atoms with Gasteiger partial charge in [-0.2, -0.15) is 20.1 Å². The van der Waals surface area contributed by atoms with Crippen LogP contribution in [0.2, 0.25) is 0 Å². The van der Waals surface area contributed by atoms with Crippen molar-refractivity contribution in [1.82, 2.24) is 15.0 Å². The van der Waals surface area contributed by atoms with Gasteiger partial charge >= 0.3 is 0 Å². The quantitative estimate of drug-likeness (QED) is 0.270. The van der Waals surface area contributed by atoms with E-state index in [1.165, 1.54) is 0 Å². The van der Waals surface area contributed by atoms with E-state index in [1.54, 1.807) is 6.21 Å². The number of hydrazone groups is 1. The van der Waals surface area contributed by atoms with E-state index in [1.807, 2.05) is 54.6 Å². The molecule has 0 unspecified atom stereocenters. The van der Waals surface area contributed by atoms with Crippen molar-refractivity contribution in [3.8, 4) is 5.75 Å². The van der Waals surface area contributed by atoms with E-state index in [4.69, 9.17) is 4.74 Å². The molecule has 3 aromatic rings. The number of hydrogen-bond acceptors (Lipinski definition) is 8. The first kappa shape index (κ1) is 21.5. The lowest BCUT2D eigenvalue weighted by atomic mass is 10.2. The molecule has 2 N–H and O–H groups in total. The van der Waals surface area contributed by atoms with Gasteiger partial charge in [-0.25, -0.2) is 5.43 Å². The zero-order valence-electron chi connectivity index (χ0n) is 18.4. The zero-order chi connectivity index (χ0) is 22.0. The molecule has 1 aromatic heterocycles. The fourth-order valence-electron chi connectivity index (χ4n) is 3.33. The Kier molecular flexibility index (Phi) is 7.46. The third kappa shape index (κ3) is 6.16. The second-order valence-electron chi connectivity index (χ2n) is 7.61. The van der Waals surface area contributed by atoms with Crippen molar-refractivity contribution in [2.45, 2.75) is 32.6 Å². The minimum absolute atomic E-state index is 0.399. The van der Waals surface area contributed by atoms with Gasteiger partial charge in [-0.1, -0.05) is 31.5 Å². The molecule has 0 atom stereocenters. The maximum absolute atomic E-state index is 5.70. The number of benzene rings is 2. The summed E-state index contributed by atoms with van der Waals surface area (Å²) in [7, 11) is 0. The van der Waals surface area contributed by atoms with Crippen LogP contribution in [0.3, 0.4) is 0 Å². The van der Waals surface area contributed by atoms with Crippen LogP contribution in [0.25, 0.3) is 0 Å². The first-order valence-electron chi connectivity index (χ1n) is 11.2. The number of ether oxygens (including phenoxy) is 1. The van der Waals surface area contributed by atoms with Crippen LogP contribution >= 0.6 is 0 Å². The van der Waals surface area contributed by atoms with Gasteiger partial charge in [-0.3, -0.25) is 0 Å². The summed E-state index contributed by atoms with van der Waals surface area (Å²) in [5, 5.41) is 7.57. The van der Waals surface area contributed by atoms with Crippen molar-refractivity contribution in [2.24, 2.45) is 5.10 Å². The smallest absolute Gasteiger partial charge is 0.250 e. The van der Waals surface area contributed by atoms with E-state index in [0.29, 0.717) is 17.8 Å². The van der Waals surface area contributed by atoms with Gasteiger partial charge in [0.2, 0.25) is 17.8 Å². The summed E-state index contributed by atoms with van der Waals surface area (Å²) in [5.74, 6) is 2.41. The van der Waals surface area contributed by atoms with Crippen LogP contribution in [0.4, 0.5) is 23.5 Å².